The van der Waals surface area contributed by atoms with Crippen LogP contribution in [-0.2, 0) is 16.6 Å². The molecule has 4 aromatic rings. The maximum absolute atomic E-state index is 13.6. The van der Waals surface area contributed by atoms with Crippen molar-refractivity contribution >= 4 is 26.5 Å². The van der Waals surface area contributed by atoms with E-state index in [0.29, 0.717) is 5.69 Å². The van der Waals surface area contributed by atoms with E-state index in [1.807, 2.05) is 56.3 Å². The van der Waals surface area contributed by atoms with E-state index >= 15 is 0 Å². The van der Waals surface area contributed by atoms with Crippen molar-refractivity contribution in [1.82, 2.24) is 9.78 Å². The van der Waals surface area contributed by atoms with Crippen molar-refractivity contribution in [3.05, 3.63) is 90.3 Å². The number of hydrogen-bond donors (Lipinski definition) is 1. The van der Waals surface area contributed by atoms with Crippen molar-refractivity contribution in [2.45, 2.75) is 31.4 Å². The van der Waals surface area contributed by atoms with Gasteiger partial charge in [0.25, 0.3) is 10.0 Å². The van der Waals surface area contributed by atoms with Gasteiger partial charge in [0, 0.05) is 11.1 Å². The molecule has 0 unspecified atom stereocenters. The van der Waals surface area contributed by atoms with Crippen LogP contribution in [0.3, 0.4) is 0 Å². The lowest BCUT2D eigenvalue weighted by atomic mass is 10.1. The molecule has 0 aliphatic carbocycles. The molecule has 160 valence electrons. The lowest BCUT2D eigenvalue weighted by Gasteiger charge is -2.28. The van der Waals surface area contributed by atoms with Gasteiger partial charge in [0.15, 0.2) is 0 Å². The van der Waals surface area contributed by atoms with Crippen molar-refractivity contribution in [3.63, 3.8) is 0 Å². The Morgan fingerprint density at radius 1 is 0.968 bits per heavy atom. The Kier molecular flexibility index (Phi) is 5.80. The summed E-state index contributed by atoms with van der Waals surface area (Å²) < 4.78 is 30.3. The number of anilines is 1. The average Bonchev–Trinajstić information content (AvgIpc) is 3.08. The van der Waals surface area contributed by atoms with Gasteiger partial charge in [0.1, 0.15) is 0 Å². The molecule has 31 heavy (non-hydrogen) atoms. The summed E-state index contributed by atoms with van der Waals surface area (Å²) in [4.78, 5) is 0.182. The van der Waals surface area contributed by atoms with Crippen LogP contribution >= 0.6 is 0 Å². The predicted octanol–water partition coefficient (Wildman–Crippen LogP) is 3.91. The SMILES string of the molecule is Cc1cc(C)n(C[C@H](O)CN(c2cccc3ccccc23)S(=O)(=O)c2ccccc2)n1. The summed E-state index contributed by atoms with van der Waals surface area (Å²) in [7, 11) is -3.89. The van der Waals surface area contributed by atoms with Crippen LogP contribution in [0, 0.1) is 13.8 Å². The van der Waals surface area contributed by atoms with E-state index in [2.05, 4.69) is 5.10 Å². The topological polar surface area (TPSA) is 75.4 Å². The molecule has 1 N–H and O–H groups in total. The van der Waals surface area contributed by atoms with E-state index in [4.69, 9.17) is 0 Å². The number of aliphatic hydroxyl groups excluding tert-OH is 1. The molecule has 0 spiro atoms. The summed E-state index contributed by atoms with van der Waals surface area (Å²) in [6, 6.07) is 23.4. The Bertz CT molecular complexity index is 1290. The van der Waals surface area contributed by atoms with E-state index < -0.39 is 16.1 Å². The van der Waals surface area contributed by atoms with E-state index in [-0.39, 0.29) is 18.0 Å². The molecule has 0 aliphatic heterocycles. The van der Waals surface area contributed by atoms with Crippen LogP contribution in [0.2, 0.25) is 0 Å². The Morgan fingerprint density at radius 3 is 2.35 bits per heavy atom. The van der Waals surface area contributed by atoms with Gasteiger partial charge in [-0.05, 0) is 43.5 Å². The molecule has 7 heteroatoms. The molecule has 6 nitrogen and oxygen atoms in total. The Balaban J connectivity index is 1.77. The number of aliphatic hydroxyl groups is 1. The lowest BCUT2D eigenvalue weighted by molar-refractivity contribution is 0.157. The number of hydrogen-bond acceptors (Lipinski definition) is 4. The summed E-state index contributed by atoms with van der Waals surface area (Å²) in [5.74, 6) is 0. The minimum absolute atomic E-state index is 0.0937. The average molecular weight is 436 g/mol. The summed E-state index contributed by atoms with van der Waals surface area (Å²) in [6.45, 7) is 3.91. The van der Waals surface area contributed by atoms with Crippen molar-refractivity contribution in [2.75, 3.05) is 10.8 Å². The Hall–Kier alpha value is -3.16. The van der Waals surface area contributed by atoms with Gasteiger partial charge in [-0.2, -0.15) is 5.10 Å². The molecule has 4 rings (SSSR count). The van der Waals surface area contributed by atoms with E-state index in [1.54, 1.807) is 41.1 Å². The number of aromatic nitrogens is 2. The number of nitrogens with zero attached hydrogens (tertiary/aromatic N) is 3. The van der Waals surface area contributed by atoms with Crippen LogP contribution in [-0.4, -0.2) is 36.0 Å². The molecular weight excluding hydrogens is 410 g/mol. The molecule has 0 aliphatic rings. The molecule has 1 aromatic heterocycles. The van der Waals surface area contributed by atoms with Gasteiger partial charge in [0.2, 0.25) is 0 Å². The second-order valence-corrected chi connectivity index (χ2v) is 9.47. The van der Waals surface area contributed by atoms with Crippen molar-refractivity contribution < 1.29 is 13.5 Å². The maximum Gasteiger partial charge on any atom is 0.264 e. The highest BCUT2D eigenvalue weighted by Gasteiger charge is 2.28. The van der Waals surface area contributed by atoms with E-state index in [0.717, 1.165) is 22.2 Å². The van der Waals surface area contributed by atoms with Gasteiger partial charge < -0.3 is 5.11 Å². The van der Waals surface area contributed by atoms with Crippen LogP contribution in [0.5, 0.6) is 0 Å². The minimum atomic E-state index is -3.89. The second kappa shape index (κ2) is 8.53. The fourth-order valence-electron chi connectivity index (χ4n) is 3.78. The zero-order chi connectivity index (χ0) is 22.0. The fraction of sp³-hybridized carbons (Fsp3) is 0.208. The van der Waals surface area contributed by atoms with Gasteiger partial charge in [-0.1, -0.05) is 54.6 Å². The normalized spacial score (nSPS) is 12.7. The molecule has 0 saturated carbocycles. The highest BCUT2D eigenvalue weighted by Crippen LogP contribution is 2.31. The number of rotatable bonds is 7. The monoisotopic (exact) mass is 435 g/mol. The molecule has 0 saturated heterocycles. The molecule has 0 amide bonds. The molecule has 1 heterocycles. The smallest absolute Gasteiger partial charge is 0.264 e. The first-order chi connectivity index (χ1) is 14.9. The van der Waals surface area contributed by atoms with Crippen molar-refractivity contribution in [2.24, 2.45) is 0 Å². The third-order valence-electron chi connectivity index (χ3n) is 5.23. The molecule has 0 fully saturated rings. The summed E-state index contributed by atoms with van der Waals surface area (Å²) >= 11 is 0. The highest BCUT2D eigenvalue weighted by atomic mass is 32.2. The molecule has 0 bridgehead atoms. The van der Waals surface area contributed by atoms with Gasteiger partial charge in [-0.15, -0.1) is 0 Å². The number of benzene rings is 3. The van der Waals surface area contributed by atoms with Crippen LogP contribution in [0.15, 0.2) is 83.8 Å². The first kappa shape index (κ1) is 21.1. The molecule has 1 atom stereocenters. The van der Waals surface area contributed by atoms with E-state index in [9.17, 15) is 13.5 Å². The Labute approximate surface area is 182 Å². The minimum Gasteiger partial charge on any atom is -0.389 e. The van der Waals surface area contributed by atoms with Crippen LogP contribution in [0.4, 0.5) is 5.69 Å². The number of sulfonamides is 1. The highest BCUT2D eigenvalue weighted by molar-refractivity contribution is 7.92. The standard InChI is InChI=1S/C24H25N3O3S/c1-18-15-19(2)26(25-18)16-21(28)17-27(31(29,30)22-11-4-3-5-12-22)24-14-8-10-20-9-6-7-13-23(20)24/h3-15,21,28H,16-17H2,1-2H3/t21-/m0/s1. The summed E-state index contributed by atoms with van der Waals surface area (Å²) in [5.41, 5.74) is 2.31. The lowest BCUT2D eigenvalue weighted by Crippen LogP contribution is -2.39. The zero-order valence-corrected chi connectivity index (χ0v) is 18.3. The molecule has 0 radical (unpaired) electrons. The quantitative estimate of drug-likeness (QED) is 0.478. The third kappa shape index (κ3) is 4.33. The van der Waals surface area contributed by atoms with Gasteiger partial charge in [-0.25, -0.2) is 8.42 Å². The van der Waals surface area contributed by atoms with Crippen molar-refractivity contribution in [3.8, 4) is 0 Å². The van der Waals surface area contributed by atoms with E-state index in [1.165, 1.54) is 4.31 Å². The number of fused-ring (bicyclic) bond motifs is 1. The second-order valence-electron chi connectivity index (χ2n) is 7.61. The molecular formula is C24H25N3O3S. The van der Waals surface area contributed by atoms with Gasteiger partial charge >= 0.3 is 0 Å². The Morgan fingerprint density at radius 2 is 1.65 bits per heavy atom. The first-order valence-electron chi connectivity index (χ1n) is 10.1. The third-order valence-corrected chi connectivity index (χ3v) is 7.02. The van der Waals surface area contributed by atoms with Crippen molar-refractivity contribution in [1.29, 1.82) is 0 Å². The number of aryl methyl sites for hydroxylation is 2. The van der Waals surface area contributed by atoms with Gasteiger partial charge in [0.05, 0.1) is 35.5 Å². The largest absolute Gasteiger partial charge is 0.389 e. The summed E-state index contributed by atoms with van der Waals surface area (Å²) in [6.07, 6.45) is -0.949. The first-order valence-corrected chi connectivity index (χ1v) is 11.5. The van der Waals surface area contributed by atoms with Crippen LogP contribution in [0.1, 0.15) is 11.4 Å². The molecule has 3 aromatic carbocycles. The zero-order valence-electron chi connectivity index (χ0n) is 17.5. The predicted molar refractivity (Wildman–Crippen MR) is 123 cm³/mol. The van der Waals surface area contributed by atoms with Gasteiger partial charge in [-0.3, -0.25) is 8.99 Å². The summed E-state index contributed by atoms with van der Waals surface area (Å²) in [5, 5.41) is 17.0. The van der Waals surface area contributed by atoms with Crippen LogP contribution < -0.4 is 4.31 Å². The fourth-order valence-corrected chi connectivity index (χ4v) is 5.32. The van der Waals surface area contributed by atoms with Crippen LogP contribution in [0.25, 0.3) is 10.8 Å². The maximum atomic E-state index is 13.6.